The Labute approximate surface area is 176 Å². The molecule has 0 radical (unpaired) electrons. The topological polar surface area (TPSA) is 48.5 Å². The number of hydrogen-bond acceptors (Lipinski definition) is 4. The van der Waals surface area contributed by atoms with Gasteiger partial charge in [0.05, 0.1) is 5.56 Å². The van der Waals surface area contributed by atoms with Crippen molar-refractivity contribution in [1.82, 2.24) is 15.2 Å². The monoisotopic (exact) mass is 398 g/mol. The maximum Gasteiger partial charge on any atom is 0.252 e. The molecule has 1 spiro atoms. The minimum atomic E-state index is -0.0134. The fourth-order valence-electron chi connectivity index (χ4n) is 5.11. The highest BCUT2D eigenvalue weighted by molar-refractivity contribution is 5.94. The third-order valence-electron chi connectivity index (χ3n) is 7.62. The molecular formula is C24H38N4O. The quantitative estimate of drug-likeness (QED) is 0.784. The average molecular weight is 399 g/mol. The Morgan fingerprint density at radius 1 is 1.14 bits per heavy atom. The van der Waals surface area contributed by atoms with Gasteiger partial charge in [-0.05, 0) is 81.5 Å². The highest BCUT2D eigenvalue weighted by Crippen LogP contribution is 2.43. The summed E-state index contributed by atoms with van der Waals surface area (Å²) in [6, 6.07) is 4.85. The predicted molar refractivity (Wildman–Crippen MR) is 118 cm³/mol. The van der Waals surface area contributed by atoms with Crippen LogP contribution < -0.4 is 10.2 Å². The van der Waals surface area contributed by atoms with Gasteiger partial charge in [-0.1, -0.05) is 20.3 Å². The molecule has 0 aromatic carbocycles. The Morgan fingerprint density at radius 2 is 1.83 bits per heavy atom. The molecule has 1 aromatic rings. The summed E-state index contributed by atoms with van der Waals surface area (Å²) >= 11 is 0. The number of nitrogens with one attached hydrogen (secondary N) is 1. The molecule has 2 aliphatic heterocycles. The second kappa shape index (κ2) is 9.03. The highest BCUT2D eigenvalue weighted by Gasteiger charge is 2.39. The minimum absolute atomic E-state index is 0.0134. The number of aromatic nitrogens is 1. The summed E-state index contributed by atoms with van der Waals surface area (Å²) in [6.07, 6.45) is 12.4. The number of nitrogens with zero attached hydrogens (tertiary/aromatic N) is 3. The first-order valence-electron chi connectivity index (χ1n) is 11.8. The van der Waals surface area contributed by atoms with E-state index in [1.807, 2.05) is 12.1 Å². The third-order valence-corrected chi connectivity index (χ3v) is 7.62. The molecule has 0 bridgehead atoms. The van der Waals surface area contributed by atoms with Gasteiger partial charge in [0.15, 0.2) is 0 Å². The molecule has 1 N–H and O–H groups in total. The van der Waals surface area contributed by atoms with E-state index in [2.05, 4.69) is 33.9 Å². The molecule has 0 atom stereocenters. The zero-order chi connectivity index (χ0) is 20.3. The molecule has 0 unspecified atom stereocenters. The van der Waals surface area contributed by atoms with Crippen LogP contribution in [-0.4, -0.2) is 54.6 Å². The largest absolute Gasteiger partial charge is 0.357 e. The van der Waals surface area contributed by atoms with Crippen LogP contribution in [0, 0.1) is 11.3 Å². The number of piperidine rings is 2. The zero-order valence-corrected chi connectivity index (χ0v) is 18.3. The summed E-state index contributed by atoms with van der Waals surface area (Å²) in [7, 11) is 0. The lowest BCUT2D eigenvalue weighted by atomic mass is 9.70. The van der Waals surface area contributed by atoms with Gasteiger partial charge in [0.25, 0.3) is 5.91 Å². The first kappa shape index (κ1) is 20.6. The van der Waals surface area contributed by atoms with Crippen molar-refractivity contribution in [1.29, 1.82) is 0 Å². The fraction of sp³-hybridized carbons (Fsp3) is 0.750. The van der Waals surface area contributed by atoms with Crippen molar-refractivity contribution < 1.29 is 4.79 Å². The van der Waals surface area contributed by atoms with Crippen LogP contribution in [0.2, 0.25) is 0 Å². The number of carbonyl (C=O) groups is 1. The molecule has 1 aliphatic carbocycles. The van der Waals surface area contributed by atoms with Gasteiger partial charge in [-0.15, -0.1) is 0 Å². The number of rotatable bonds is 6. The maximum atomic E-state index is 12.2. The van der Waals surface area contributed by atoms with Crippen molar-refractivity contribution in [3.8, 4) is 0 Å². The Hall–Kier alpha value is -1.62. The van der Waals surface area contributed by atoms with E-state index in [1.54, 1.807) is 6.20 Å². The molecule has 160 valence electrons. The van der Waals surface area contributed by atoms with Crippen LogP contribution in [0.15, 0.2) is 18.3 Å². The van der Waals surface area contributed by atoms with E-state index in [1.165, 1.54) is 58.0 Å². The van der Waals surface area contributed by atoms with Crippen LogP contribution in [0.25, 0.3) is 0 Å². The van der Waals surface area contributed by atoms with Crippen LogP contribution in [0.3, 0.4) is 0 Å². The molecule has 1 amide bonds. The van der Waals surface area contributed by atoms with Crippen LogP contribution in [-0.2, 0) is 0 Å². The number of pyridine rings is 1. The van der Waals surface area contributed by atoms with Gasteiger partial charge in [0, 0.05) is 31.9 Å². The van der Waals surface area contributed by atoms with Crippen molar-refractivity contribution in [2.24, 2.45) is 11.3 Å². The Morgan fingerprint density at radius 3 is 2.38 bits per heavy atom. The van der Waals surface area contributed by atoms with E-state index in [9.17, 15) is 4.79 Å². The fourth-order valence-corrected chi connectivity index (χ4v) is 5.11. The van der Waals surface area contributed by atoms with Crippen molar-refractivity contribution >= 4 is 11.7 Å². The Bertz CT molecular complexity index is 665. The second-order valence-electron chi connectivity index (χ2n) is 9.95. The first-order chi connectivity index (χ1) is 14.0. The maximum absolute atomic E-state index is 12.2. The van der Waals surface area contributed by atoms with Gasteiger partial charge in [-0.2, -0.15) is 0 Å². The number of hydrogen-bond donors (Lipinski definition) is 1. The molecule has 1 aromatic heterocycles. The summed E-state index contributed by atoms with van der Waals surface area (Å²) in [6.45, 7) is 9.87. The molecule has 5 nitrogen and oxygen atoms in total. The van der Waals surface area contributed by atoms with E-state index in [-0.39, 0.29) is 5.91 Å². The predicted octanol–water partition coefficient (Wildman–Crippen LogP) is 4.09. The molecule has 2 saturated heterocycles. The summed E-state index contributed by atoms with van der Waals surface area (Å²) < 4.78 is 0. The summed E-state index contributed by atoms with van der Waals surface area (Å²) in [4.78, 5) is 22.0. The lowest BCUT2D eigenvalue weighted by molar-refractivity contribution is 0.0305. The van der Waals surface area contributed by atoms with Gasteiger partial charge in [0.1, 0.15) is 5.82 Å². The average Bonchev–Trinajstić information content (AvgIpc) is 2.69. The van der Waals surface area contributed by atoms with Gasteiger partial charge in [-0.3, -0.25) is 4.79 Å². The van der Waals surface area contributed by atoms with E-state index in [0.29, 0.717) is 16.9 Å². The molecule has 3 heterocycles. The van der Waals surface area contributed by atoms with E-state index in [4.69, 9.17) is 0 Å². The van der Waals surface area contributed by atoms with Gasteiger partial charge < -0.3 is 15.1 Å². The van der Waals surface area contributed by atoms with Crippen LogP contribution in [0.5, 0.6) is 0 Å². The van der Waals surface area contributed by atoms with E-state index < -0.39 is 0 Å². The molecule has 3 aliphatic rings. The number of amides is 1. The molecule has 3 fully saturated rings. The van der Waals surface area contributed by atoms with Crippen molar-refractivity contribution in [2.75, 3.05) is 37.6 Å². The lowest BCUT2D eigenvalue weighted by Gasteiger charge is -2.50. The molecular weight excluding hydrogens is 360 g/mol. The smallest absolute Gasteiger partial charge is 0.252 e. The number of carbonyl (C=O) groups excluding carboxylic acids is 1. The summed E-state index contributed by atoms with van der Waals surface area (Å²) in [5.41, 5.74) is 1.22. The van der Waals surface area contributed by atoms with Crippen molar-refractivity contribution in [3.63, 3.8) is 0 Å². The third kappa shape index (κ3) is 4.93. The van der Waals surface area contributed by atoms with E-state index in [0.717, 1.165) is 37.9 Å². The number of likely N-dealkylation sites (tertiary alicyclic amines) is 1. The molecule has 5 heteroatoms. The highest BCUT2D eigenvalue weighted by atomic mass is 16.1. The lowest BCUT2D eigenvalue weighted by Crippen LogP contribution is -2.51. The van der Waals surface area contributed by atoms with Gasteiger partial charge in [0.2, 0.25) is 0 Å². The van der Waals surface area contributed by atoms with Crippen LogP contribution in [0.4, 0.5) is 5.82 Å². The Kier molecular flexibility index (Phi) is 6.43. The normalized spacial score (nSPS) is 22.7. The molecule has 29 heavy (non-hydrogen) atoms. The summed E-state index contributed by atoms with van der Waals surface area (Å²) in [5.74, 6) is 1.61. The molecule has 4 rings (SSSR count). The molecule has 1 saturated carbocycles. The van der Waals surface area contributed by atoms with Crippen molar-refractivity contribution in [2.45, 2.75) is 71.3 Å². The standard InChI is InChI=1S/C24H38N4O/c1-19(2)8-13-25-23(29)20-6-7-22(26-18-20)28-16-11-24(12-17-28)9-14-27(15-10-24)21-4-3-5-21/h6-7,18-19,21H,3-5,8-17H2,1-2H3,(H,25,29). The van der Waals surface area contributed by atoms with Gasteiger partial charge in [-0.25, -0.2) is 4.98 Å². The first-order valence-corrected chi connectivity index (χ1v) is 11.8. The van der Waals surface area contributed by atoms with Crippen LogP contribution in [0.1, 0.15) is 75.6 Å². The SMILES string of the molecule is CC(C)CCNC(=O)c1ccc(N2CCC3(CC2)CCN(C2CCC2)CC3)nc1. The number of anilines is 1. The second-order valence-corrected chi connectivity index (χ2v) is 9.95. The van der Waals surface area contributed by atoms with Crippen molar-refractivity contribution in [3.05, 3.63) is 23.9 Å². The van der Waals surface area contributed by atoms with Crippen LogP contribution >= 0.6 is 0 Å². The minimum Gasteiger partial charge on any atom is -0.357 e. The van der Waals surface area contributed by atoms with E-state index >= 15 is 0 Å². The zero-order valence-electron chi connectivity index (χ0n) is 18.3. The Balaban J connectivity index is 1.25. The summed E-state index contributed by atoms with van der Waals surface area (Å²) in [5, 5.41) is 2.99. The van der Waals surface area contributed by atoms with Gasteiger partial charge >= 0.3 is 0 Å².